The third kappa shape index (κ3) is 5.67. The number of nitrogens with one attached hydrogen (secondary N) is 1. The van der Waals surface area contributed by atoms with Crippen LogP contribution in [-0.2, 0) is 14.8 Å². The monoisotopic (exact) mass is 548 g/mol. The average Bonchev–Trinajstić information content (AvgIpc) is 2.88. The Morgan fingerprint density at radius 3 is 2.21 bits per heavy atom. The molecule has 0 aliphatic carbocycles. The van der Waals surface area contributed by atoms with Gasteiger partial charge in [0.05, 0.1) is 22.9 Å². The summed E-state index contributed by atoms with van der Waals surface area (Å²) in [5.74, 6) is -1.73. The molecule has 39 heavy (non-hydrogen) atoms. The van der Waals surface area contributed by atoms with Crippen LogP contribution in [0.1, 0.15) is 44.7 Å². The van der Waals surface area contributed by atoms with Crippen LogP contribution in [0.4, 0.5) is 11.6 Å². The van der Waals surface area contributed by atoms with Crippen molar-refractivity contribution >= 4 is 33.4 Å². The number of nitrogen functional groups attached to an aromatic ring is 1. The number of nitrogens with zero attached hydrogens (tertiary/aromatic N) is 4. The molecule has 3 N–H and O–H groups in total. The van der Waals surface area contributed by atoms with Gasteiger partial charge in [0, 0.05) is 17.0 Å². The molecule has 2 aromatic carbocycles. The van der Waals surface area contributed by atoms with Crippen molar-refractivity contribution in [1.82, 2.24) is 19.7 Å². The van der Waals surface area contributed by atoms with Gasteiger partial charge < -0.3 is 10.5 Å². The van der Waals surface area contributed by atoms with Gasteiger partial charge in [0.2, 0.25) is 11.7 Å². The molecule has 0 saturated carbocycles. The van der Waals surface area contributed by atoms with E-state index in [4.69, 9.17) is 10.5 Å². The molecule has 0 saturated heterocycles. The maximum Gasteiger partial charge on any atom is 0.360 e. The minimum absolute atomic E-state index is 0.00474. The molecule has 0 aliphatic heterocycles. The minimum atomic E-state index is -4.08. The van der Waals surface area contributed by atoms with Crippen molar-refractivity contribution in [3.05, 3.63) is 99.2 Å². The van der Waals surface area contributed by atoms with Gasteiger partial charge >= 0.3 is 5.97 Å². The number of ether oxygens (including phenoxy) is 1. The Kier molecular flexibility index (Phi) is 7.54. The third-order valence-corrected chi connectivity index (χ3v) is 6.81. The summed E-state index contributed by atoms with van der Waals surface area (Å²) in [6.45, 7) is 5.00. The lowest BCUT2D eigenvalue weighted by molar-refractivity contribution is 0.0518. The number of nitrogens with two attached hydrogens (primary N) is 1. The second-order valence-electron chi connectivity index (χ2n) is 8.34. The quantitative estimate of drug-likeness (QED) is 0.246. The van der Waals surface area contributed by atoms with Crippen LogP contribution in [0.2, 0.25) is 0 Å². The number of esters is 1. The molecular formula is C26H24N6O6S. The fraction of sp³-hybridized carbons (Fsp3) is 0.154. The van der Waals surface area contributed by atoms with Gasteiger partial charge in [0.15, 0.2) is 5.69 Å². The Hall–Kier alpha value is -4.91. The molecule has 0 unspecified atom stereocenters. The number of carbonyl (C=O) groups is 2. The SMILES string of the molecule is CCOC(=O)c1nn(-c2ccc(S(=O)(=O)Nc3nc(C)cc(C)n3)cc2)c(=O)c(C(=O)c2ccccc2)c1N. The van der Waals surface area contributed by atoms with Crippen LogP contribution >= 0.6 is 0 Å². The van der Waals surface area contributed by atoms with E-state index < -0.39 is 44.3 Å². The molecule has 0 radical (unpaired) electrons. The number of sulfonamides is 1. The fourth-order valence-corrected chi connectivity index (χ4v) is 4.68. The molecule has 0 amide bonds. The molecule has 2 heterocycles. The average molecular weight is 549 g/mol. The van der Waals surface area contributed by atoms with Crippen molar-refractivity contribution in [2.75, 3.05) is 17.1 Å². The highest BCUT2D eigenvalue weighted by atomic mass is 32.2. The highest BCUT2D eigenvalue weighted by molar-refractivity contribution is 7.92. The summed E-state index contributed by atoms with van der Waals surface area (Å²) in [6, 6.07) is 14.7. The normalized spacial score (nSPS) is 11.2. The van der Waals surface area contributed by atoms with Gasteiger partial charge in [-0.15, -0.1) is 0 Å². The maximum absolute atomic E-state index is 13.4. The first-order valence-corrected chi connectivity index (χ1v) is 13.2. The summed E-state index contributed by atoms with van der Waals surface area (Å²) >= 11 is 0. The van der Waals surface area contributed by atoms with Crippen LogP contribution in [0, 0.1) is 13.8 Å². The summed E-state index contributed by atoms with van der Waals surface area (Å²) in [4.78, 5) is 47.3. The van der Waals surface area contributed by atoms with Gasteiger partial charge in [-0.2, -0.15) is 9.78 Å². The van der Waals surface area contributed by atoms with E-state index in [1.165, 1.54) is 36.4 Å². The summed E-state index contributed by atoms with van der Waals surface area (Å²) < 4.78 is 33.9. The van der Waals surface area contributed by atoms with E-state index in [0.717, 1.165) is 4.68 Å². The summed E-state index contributed by atoms with van der Waals surface area (Å²) in [7, 11) is -4.08. The van der Waals surface area contributed by atoms with Crippen LogP contribution in [-0.4, -0.2) is 46.5 Å². The minimum Gasteiger partial charge on any atom is -0.461 e. The lowest BCUT2D eigenvalue weighted by Gasteiger charge is -2.14. The zero-order valence-electron chi connectivity index (χ0n) is 21.2. The van der Waals surface area contributed by atoms with Crippen molar-refractivity contribution in [3.8, 4) is 5.69 Å². The van der Waals surface area contributed by atoms with E-state index in [2.05, 4.69) is 19.8 Å². The Bertz CT molecular complexity index is 1720. The molecule has 13 heteroatoms. The van der Waals surface area contributed by atoms with Crippen molar-refractivity contribution in [2.24, 2.45) is 0 Å². The smallest absolute Gasteiger partial charge is 0.360 e. The Labute approximate surface area is 223 Å². The number of rotatable bonds is 8. The number of aryl methyl sites for hydroxylation is 2. The number of ketones is 1. The number of anilines is 2. The predicted octanol–water partition coefficient (Wildman–Crippen LogP) is 2.43. The van der Waals surface area contributed by atoms with E-state index in [-0.39, 0.29) is 28.7 Å². The van der Waals surface area contributed by atoms with Gasteiger partial charge in [-0.3, -0.25) is 9.59 Å². The van der Waals surface area contributed by atoms with Crippen molar-refractivity contribution < 1.29 is 22.7 Å². The molecule has 200 valence electrons. The van der Waals surface area contributed by atoms with Gasteiger partial charge in [0.25, 0.3) is 15.6 Å². The second kappa shape index (κ2) is 10.8. The zero-order valence-corrected chi connectivity index (χ0v) is 22.0. The van der Waals surface area contributed by atoms with E-state index in [1.54, 1.807) is 45.0 Å². The Balaban J connectivity index is 1.79. The van der Waals surface area contributed by atoms with Crippen LogP contribution in [0.3, 0.4) is 0 Å². The molecule has 0 aliphatic rings. The van der Waals surface area contributed by atoms with Crippen molar-refractivity contribution in [1.29, 1.82) is 0 Å². The largest absolute Gasteiger partial charge is 0.461 e. The molecule has 2 aromatic heterocycles. The Morgan fingerprint density at radius 2 is 1.62 bits per heavy atom. The van der Waals surface area contributed by atoms with Crippen LogP contribution < -0.4 is 16.0 Å². The molecule has 0 fully saturated rings. The third-order valence-electron chi connectivity index (χ3n) is 5.46. The lowest BCUT2D eigenvalue weighted by Crippen LogP contribution is -2.32. The Morgan fingerprint density at radius 1 is 1.00 bits per heavy atom. The number of hydrogen-bond donors (Lipinski definition) is 2. The van der Waals surface area contributed by atoms with Crippen molar-refractivity contribution in [2.45, 2.75) is 25.7 Å². The molecule has 0 bridgehead atoms. The summed E-state index contributed by atoms with van der Waals surface area (Å²) in [5, 5.41) is 4.04. The predicted molar refractivity (Wildman–Crippen MR) is 142 cm³/mol. The highest BCUT2D eigenvalue weighted by Gasteiger charge is 2.27. The fourth-order valence-electron chi connectivity index (χ4n) is 3.73. The number of aromatic nitrogens is 4. The van der Waals surface area contributed by atoms with E-state index >= 15 is 0 Å². The van der Waals surface area contributed by atoms with Gasteiger partial charge in [-0.05, 0) is 51.1 Å². The van der Waals surface area contributed by atoms with Gasteiger partial charge in [-0.1, -0.05) is 30.3 Å². The standard InChI is InChI=1S/C26H24N6O6S/c1-4-38-25(35)22-21(27)20(23(33)17-8-6-5-7-9-17)24(34)32(30-22)18-10-12-19(13-11-18)39(36,37)31-26-28-15(2)14-16(3)29-26/h5-14H,4,27H2,1-3H3,(H,28,29,31). The van der Waals surface area contributed by atoms with Gasteiger partial charge in [-0.25, -0.2) is 27.9 Å². The number of hydrogen-bond acceptors (Lipinski definition) is 10. The first-order valence-electron chi connectivity index (χ1n) is 11.7. The number of carbonyl (C=O) groups excluding carboxylic acids is 2. The van der Waals surface area contributed by atoms with E-state index in [1.807, 2.05) is 0 Å². The van der Waals surface area contributed by atoms with Crippen LogP contribution in [0.5, 0.6) is 0 Å². The lowest BCUT2D eigenvalue weighted by atomic mass is 10.0. The topological polar surface area (TPSA) is 176 Å². The first kappa shape index (κ1) is 27.1. The van der Waals surface area contributed by atoms with E-state index in [0.29, 0.717) is 11.4 Å². The van der Waals surface area contributed by atoms with Gasteiger partial charge in [0.1, 0.15) is 5.56 Å². The summed E-state index contributed by atoms with van der Waals surface area (Å²) in [5.41, 5.74) is 5.29. The maximum atomic E-state index is 13.4. The van der Waals surface area contributed by atoms with E-state index in [9.17, 15) is 22.8 Å². The first-order chi connectivity index (χ1) is 18.5. The zero-order chi connectivity index (χ0) is 28.3. The molecule has 4 aromatic rings. The summed E-state index contributed by atoms with van der Waals surface area (Å²) in [6.07, 6.45) is 0. The molecular weight excluding hydrogens is 524 g/mol. The molecule has 4 rings (SSSR count). The second-order valence-corrected chi connectivity index (χ2v) is 10.0. The molecule has 12 nitrogen and oxygen atoms in total. The van der Waals surface area contributed by atoms with Crippen molar-refractivity contribution in [3.63, 3.8) is 0 Å². The highest BCUT2D eigenvalue weighted by Crippen LogP contribution is 2.20. The molecule has 0 spiro atoms. The molecule has 0 atom stereocenters. The number of benzene rings is 2. The van der Waals surface area contributed by atoms with Crippen LogP contribution in [0.25, 0.3) is 5.69 Å². The van der Waals surface area contributed by atoms with Crippen LogP contribution in [0.15, 0.2) is 70.4 Å².